The van der Waals surface area contributed by atoms with E-state index in [4.69, 9.17) is 9.47 Å². The van der Waals surface area contributed by atoms with Gasteiger partial charge in [-0.2, -0.15) is 23.1 Å². The molecule has 1 aliphatic heterocycles. The van der Waals surface area contributed by atoms with E-state index in [1.807, 2.05) is 0 Å². The van der Waals surface area contributed by atoms with E-state index < -0.39 is 60.1 Å². The molecule has 0 spiro atoms. The average Bonchev–Trinajstić information content (AvgIpc) is 2.96. The summed E-state index contributed by atoms with van der Waals surface area (Å²) in [5, 5.41) is 13.5. The number of aliphatic hydroxyl groups is 1. The van der Waals surface area contributed by atoms with Gasteiger partial charge in [0.25, 0.3) is 0 Å². The second-order valence-electron chi connectivity index (χ2n) is 9.56. The van der Waals surface area contributed by atoms with Crippen molar-refractivity contribution in [3.63, 3.8) is 0 Å². The Morgan fingerprint density at radius 2 is 1.79 bits per heavy atom. The van der Waals surface area contributed by atoms with Crippen LogP contribution in [0.3, 0.4) is 0 Å². The SMILES string of the molecule is CC(O)(COc1ccnc(C(F)(F)F)n1)c1cnc(OCCF)nc1C1CCN(C(=O)Nc2c(F)cccc2F)CC1. The highest BCUT2D eigenvalue weighted by molar-refractivity contribution is 5.89. The summed E-state index contributed by atoms with van der Waals surface area (Å²) in [6.07, 6.45) is -2.07. The summed E-state index contributed by atoms with van der Waals surface area (Å²) in [4.78, 5) is 28.9. The van der Waals surface area contributed by atoms with E-state index in [1.165, 1.54) is 24.1 Å². The van der Waals surface area contributed by atoms with E-state index in [-0.39, 0.29) is 37.2 Å². The quantitative estimate of drug-likeness (QED) is 0.342. The highest BCUT2D eigenvalue weighted by atomic mass is 19.4. The van der Waals surface area contributed by atoms with Crippen LogP contribution in [-0.2, 0) is 11.8 Å². The van der Waals surface area contributed by atoms with E-state index >= 15 is 0 Å². The minimum Gasteiger partial charge on any atom is -0.474 e. The Labute approximate surface area is 235 Å². The number of nitrogens with one attached hydrogen (secondary N) is 1. The van der Waals surface area contributed by atoms with Gasteiger partial charge in [-0.3, -0.25) is 0 Å². The largest absolute Gasteiger partial charge is 0.474 e. The number of hydrogen-bond donors (Lipinski definition) is 2. The number of carbonyl (C=O) groups is 1. The molecule has 2 amide bonds. The molecule has 0 radical (unpaired) electrons. The molecule has 2 aromatic heterocycles. The number of halogens is 6. The topological polar surface area (TPSA) is 123 Å². The molecule has 3 heterocycles. The first-order valence-electron chi connectivity index (χ1n) is 12.7. The Balaban J connectivity index is 1.50. The summed E-state index contributed by atoms with van der Waals surface area (Å²) < 4.78 is 90.1. The predicted molar refractivity (Wildman–Crippen MR) is 135 cm³/mol. The maximum absolute atomic E-state index is 14.0. The first kappa shape index (κ1) is 30.7. The van der Waals surface area contributed by atoms with E-state index in [0.29, 0.717) is 18.5 Å². The Bertz CT molecular complexity index is 1380. The number of alkyl halides is 4. The number of likely N-dealkylation sites (tertiary alicyclic amines) is 1. The van der Waals surface area contributed by atoms with Crippen LogP contribution >= 0.6 is 0 Å². The van der Waals surface area contributed by atoms with Crippen molar-refractivity contribution in [1.29, 1.82) is 0 Å². The molecule has 0 bridgehead atoms. The van der Waals surface area contributed by atoms with Gasteiger partial charge in [0.05, 0.1) is 5.69 Å². The molecule has 0 aliphatic carbocycles. The standard InChI is InChI=1S/C26H26F6N6O4/c1-25(40,14-42-19-5-9-33-22(35-19)26(30,31)32)16-13-34-23(41-12-8-27)36-20(16)15-6-10-38(11-7-15)24(39)37-21-17(28)3-2-4-18(21)29/h2-5,9,13,15,40H,6-8,10-12,14H2,1H3,(H,37,39). The summed E-state index contributed by atoms with van der Waals surface area (Å²) in [7, 11) is 0. The summed E-state index contributed by atoms with van der Waals surface area (Å²) in [5.74, 6) is -4.07. The number of para-hydroxylation sites is 1. The van der Waals surface area contributed by atoms with Gasteiger partial charge < -0.3 is 24.8 Å². The van der Waals surface area contributed by atoms with Gasteiger partial charge in [0.1, 0.15) is 42.8 Å². The fourth-order valence-electron chi connectivity index (χ4n) is 4.31. The summed E-state index contributed by atoms with van der Waals surface area (Å²) in [5.41, 5.74) is -1.95. The number of benzene rings is 1. The molecule has 16 heteroatoms. The van der Waals surface area contributed by atoms with Crippen LogP contribution in [0.25, 0.3) is 0 Å². The molecule has 1 aromatic carbocycles. The number of hydrogen-bond acceptors (Lipinski definition) is 8. The smallest absolute Gasteiger partial charge is 0.451 e. The minimum atomic E-state index is -4.80. The van der Waals surface area contributed by atoms with Crippen LogP contribution in [0.5, 0.6) is 11.9 Å². The fraction of sp³-hybridized carbons (Fsp3) is 0.423. The van der Waals surface area contributed by atoms with Crippen LogP contribution in [0.1, 0.15) is 42.8 Å². The zero-order chi connectivity index (χ0) is 30.5. The summed E-state index contributed by atoms with van der Waals surface area (Å²) >= 11 is 0. The number of rotatable bonds is 9. The van der Waals surface area contributed by atoms with Gasteiger partial charge >= 0.3 is 18.2 Å². The van der Waals surface area contributed by atoms with Crippen molar-refractivity contribution in [3.05, 3.63) is 65.4 Å². The van der Waals surface area contributed by atoms with E-state index in [2.05, 4.69) is 25.3 Å². The van der Waals surface area contributed by atoms with Crippen molar-refractivity contribution in [2.75, 3.05) is 38.3 Å². The lowest BCUT2D eigenvalue weighted by Crippen LogP contribution is -2.41. The van der Waals surface area contributed by atoms with Crippen LogP contribution in [-0.4, -0.2) is 69.0 Å². The van der Waals surface area contributed by atoms with Crippen molar-refractivity contribution in [3.8, 4) is 11.9 Å². The molecule has 1 atom stereocenters. The number of amides is 2. The fourth-order valence-corrected chi connectivity index (χ4v) is 4.31. The van der Waals surface area contributed by atoms with Crippen molar-refractivity contribution in [2.45, 2.75) is 37.5 Å². The highest BCUT2D eigenvalue weighted by Crippen LogP contribution is 2.35. The van der Waals surface area contributed by atoms with Crippen LogP contribution in [0, 0.1) is 11.6 Å². The monoisotopic (exact) mass is 600 g/mol. The number of ether oxygens (including phenoxy) is 2. The number of aromatic nitrogens is 4. The molecule has 1 unspecified atom stereocenters. The Morgan fingerprint density at radius 3 is 2.43 bits per heavy atom. The summed E-state index contributed by atoms with van der Waals surface area (Å²) in [6.45, 7) is -0.0286. The first-order chi connectivity index (χ1) is 19.9. The minimum absolute atomic E-state index is 0.149. The maximum atomic E-state index is 14.0. The summed E-state index contributed by atoms with van der Waals surface area (Å²) in [6, 6.07) is 3.42. The number of nitrogens with zero attached hydrogens (tertiary/aromatic N) is 5. The third kappa shape index (κ3) is 7.35. The molecular weight excluding hydrogens is 574 g/mol. The second-order valence-corrected chi connectivity index (χ2v) is 9.56. The molecule has 4 rings (SSSR count). The van der Waals surface area contributed by atoms with Gasteiger partial charge in [-0.1, -0.05) is 6.07 Å². The first-order valence-corrected chi connectivity index (χ1v) is 12.7. The normalized spacial score (nSPS) is 15.7. The van der Waals surface area contributed by atoms with Crippen LogP contribution in [0.4, 0.5) is 36.8 Å². The number of piperidine rings is 1. The lowest BCUT2D eigenvalue weighted by Gasteiger charge is -2.34. The zero-order valence-corrected chi connectivity index (χ0v) is 22.2. The highest BCUT2D eigenvalue weighted by Gasteiger charge is 2.36. The molecule has 10 nitrogen and oxygen atoms in total. The third-order valence-corrected chi connectivity index (χ3v) is 6.43. The van der Waals surface area contributed by atoms with Crippen LogP contribution in [0.2, 0.25) is 0 Å². The van der Waals surface area contributed by atoms with E-state index in [9.17, 15) is 36.2 Å². The van der Waals surface area contributed by atoms with Gasteiger partial charge in [-0.15, -0.1) is 0 Å². The lowest BCUT2D eigenvalue weighted by atomic mass is 9.86. The molecule has 1 saturated heterocycles. The molecule has 1 aliphatic rings. The molecule has 226 valence electrons. The van der Waals surface area contributed by atoms with E-state index in [1.54, 1.807) is 0 Å². The second kappa shape index (κ2) is 12.8. The molecular formula is C26H26F6N6O4. The predicted octanol–water partition coefficient (Wildman–Crippen LogP) is 4.61. The van der Waals surface area contributed by atoms with E-state index in [0.717, 1.165) is 24.4 Å². The van der Waals surface area contributed by atoms with Crippen molar-refractivity contribution < 1.29 is 45.7 Å². The van der Waals surface area contributed by atoms with Crippen molar-refractivity contribution in [2.24, 2.45) is 0 Å². The zero-order valence-electron chi connectivity index (χ0n) is 22.2. The number of urea groups is 1. The van der Waals surface area contributed by atoms with Crippen LogP contribution in [0.15, 0.2) is 36.7 Å². The third-order valence-electron chi connectivity index (χ3n) is 6.43. The van der Waals surface area contributed by atoms with Crippen molar-refractivity contribution >= 4 is 11.7 Å². The molecule has 0 saturated carbocycles. The lowest BCUT2D eigenvalue weighted by molar-refractivity contribution is -0.145. The van der Waals surface area contributed by atoms with Gasteiger partial charge in [0.2, 0.25) is 11.7 Å². The van der Waals surface area contributed by atoms with Gasteiger partial charge in [-0.25, -0.2) is 27.9 Å². The Morgan fingerprint density at radius 1 is 1.10 bits per heavy atom. The molecule has 42 heavy (non-hydrogen) atoms. The van der Waals surface area contributed by atoms with Gasteiger partial charge in [0.15, 0.2) is 0 Å². The molecule has 3 aromatic rings. The van der Waals surface area contributed by atoms with Crippen molar-refractivity contribution in [1.82, 2.24) is 24.8 Å². The Kier molecular flexibility index (Phi) is 9.33. The maximum Gasteiger partial charge on any atom is 0.451 e. The molecule has 2 N–H and O–H groups in total. The molecule has 1 fully saturated rings. The average molecular weight is 601 g/mol. The number of anilines is 1. The van der Waals surface area contributed by atoms with Gasteiger partial charge in [-0.05, 0) is 31.9 Å². The number of carbonyl (C=O) groups excluding carboxylic acids is 1. The Hall–Kier alpha value is -4.21. The van der Waals surface area contributed by atoms with Gasteiger partial charge in [0, 0.05) is 43.0 Å². The van der Waals surface area contributed by atoms with Crippen LogP contribution < -0.4 is 14.8 Å².